The van der Waals surface area contributed by atoms with E-state index in [1.54, 1.807) is 18.2 Å². The zero-order chi connectivity index (χ0) is 30.5. The van der Waals surface area contributed by atoms with E-state index in [1.807, 2.05) is 30.9 Å². The number of hydrogen-bond acceptors (Lipinski definition) is 12. The van der Waals surface area contributed by atoms with Gasteiger partial charge in [0, 0.05) is 5.56 Å². The van der Waals surface area contributed by atoms with Gasteiger partial charge < -0.3 is 30.5 Å². The first kappa shape index (κ1) is 31.0. The van der Waals surface area contributed by atoms with Crippen LogP contribution in [-0.2, 0) is 44.3 Å². The monoisotopic (exact) mass is 643 g/mol. The third-order valence-electron chi connectivity index (χ3n) is 8.24. The van der Waals surface area contributed by atoms with Gasteiger partial charge in [0.1, 0.15) is 16.6 Å². The predicted molar refractivity (Wildman–Crippen MR) is 170 cm³/mol. The molecule has 2 aromatic rings. The molecular weight excluding hydrogens is 611 g/mol. The van der Waals surface area contributed by atoms with Crippen molar-refractivity contribution >= 4 is 67.2 Å². The Morgan fingerprint density at radius 3 is 1.69 bits per heavy atom. The quantitative estimate of drug-likeness (QED) is 0.256. The molecule has 0 saturated carbocycles. The van der Waals surface area contributed by atoms with Gasteiger partial charge >= 0.3 is 26.7 Å². The maximum absolute atomic E-state index is 14.2. The van der Waals surface area contributed by atoms with Gasteiger partial charge in [0.05, 0.1) is 5.19 Å². The van der Waals surface area contributed by atoms with Gasteiger partial charge in [-0.05, 0) is 101 Å². The van der Waals surface area contributed by atoms with E-state index in [0.717, 1.165) is 0 Å². The Morgan fingerprint density at radius 2 is 1.21 bits per heavy atom. The fraction of sp³-hybridized carbons (Fsp3) is 0.414. The van der Waals surface area contributed by atoms with Gasteiger partial charge in [0.15, 0.2) is 0 Å². The third kappa shape index (κ3) is 4.50. The van der Waals surface area contributed by atoms with E-state index in [1.165, 1.54) is 35.3 Å². The summed E-state index contributed by atoms with van der Waals surface area (Å²) in [5, 5.41) is 0.303. The number of carbonyl (C=O) groups excluding carboxylic acids is 3. The Balaban J connectivity index is 2.00. The first-order chi connectivity index (χ1) is 20.0. The summed E-state index contributed by atoms with van der Waals surface area (Å²) in [6, 6.07) is 8.97. The molecule has 0 fully saturated rings. The predicted octanol–water partition coefficient (Wildman–Crippen LogP) is 1.87. The molecule has 3 heterocycles. The Morgan fingerprint density at radius 1 is 0.762 bits per heavy atom. The topological polar surface area (TPSA) is 157 Å². The molecule has 0 spiro atoms. The fourth-order valence-electron chi connectivity index (χ4n) is 5.89. The van der Waals surface area contributed by atoms with Crippen molar-refractivity contribution in [2.75, 3.05) is 36.0 Å². The summed E-state index contributed by atoms with van der Waals surface area (Å²) in [4.78, 5) is 41.9. The van der Waals surface area contributed by atoms with Crippen molar-refractivity contribution in [2.24, 2.45) is 17.2 Å². The molecule has 5 rings (SSSR count). The number of carbonyl (C=O) groups is 3. The van der Waals surface area contributed by atoms with Crippen molar-refractivity contribution in [3.8, 4) is 23.5 Å². The van der Waals surface area contributed by atoms with Crippen LogP contribution in [0.25, 0.3) is 11.1 Å². The molecule has 3 aliphatic rings. The minimum absolute atomic E-state index is 0.166. The molecule has 3 aliphatic heterocycles. The molecule has 2 aromatic carbocycles. The summed E-state index contributed by atoms with van der Waals surface area (Å²) in [5.74, 6) is 1.65. The summed E-state index contributed by atoms with van der Waals surface area (Å²) >= 11 is 4.55. The van der Waals surface area contributed by atoms with Crippen LogP contribution in [0, 0.1) is 12.3 Å². The smallest absolute Gasteiger partial charge is 0.450 e. The molecule has 222 valence electrons. The van der Waals surface area contributed by atoms with Crippen LogP contribution < -0.4 is 22.4 Å². The number of nitrogens with two attached hydrogens (primary N) is 3. The van der Waals surface area contributed by atoms with Crippen LogP contribution in [0.1, 0.15) is 41.5 Å². The molecule has 4 atom stereocenters. The van der Waals surface area contributed by atoms with E-state index in [4.69, 9.17) is 36.9 Å². The highest BCUT2D eigenvalue weighted by atomic mass is 32.2. The van der Waals surface area contributed by atoms with Crippen molar-refractivity contribution < 1.29 is 27.7 Å². The van der Waals surface area contributed by atoms with Crippen LogP contribution in [0.3, 0.4) is 0 Å². The van der Waals surface area contributed by atoms with E-state index in [-0.39, 0.29) is 19.3 Å². The average Bonchev–Trinajstić information content (AvgIpc) is 3.03. The van der Waals surface area contributed by atoms with Crippen LogP contribution in [0.2, 0.25) is 0 Å². The molecule has 0 saturated heterocycles. The fourth-order valence-corrected chi connectivity index (χ4v) is 10.5. The van der Waals surface area contributed by atoms with Crippen LogP contribution in [-0.4, -0.2) is 62.7 Å². The van der Waals surface area contributed by atoms with Gasteiger partial charge in [-0.3, -0.25) is 14.4 Å². The Labute approximate surface area is 259 Å². The van der Waals surface area contributed by atoms with Crippen LogP contribution >= 0.6 is 35.3 Å². The molecule has 9 nitrogen and oxygen atoms in total. The second-order valence-corrected chi connectivity index (χ2v) is 15.9. The second kappa shape index (κ2) is 11.2. The first-order valence-electron chi connectivity index (χ1n) is 13.3. The Kier molecular flexibility index (Phi) is 8.30. The highest BCUT2D eigenvalue weighted by molar-refractivity contribution is 7.98. The molecule has 4 unspecified atom stereocenters. The molecule has 0 aromatic heterocycles. The minimum Gasteiger partial charge on any atom is -0.450 e. The molecule has 0 radical (unpaired) electrons. The minimum atomic E-state index is -4.53. The molecular formula is C29H33N3O6S3Si. The maximum atomic E-state index is 14.2. The van der Waals surface area contributed by atoms with E-state index in [9.17, 15) is 14.4 Å². The molecule has 42 heavy (non-hydrogen) atoms. The highest BCUT2D eigenvalue weighted by Gasteiger charge is 2.74. The van der Waals surface area contributed by atoms with E-state index < -0.39 is 43.3 Å². The highest BCUT2D eigenvalue weighted by Crippen LogP contribution is 2.50. The first-order valence-corrected chi connectivity index (χ1v) is 19.2. The summed E-state index contributed by atoms with van der Waals surface area (Å²) in [6.07, 6.45) is 11.9. The Bertz CT molecular complexity index is 1510. The molecule has 0 aliphatic carbocycles. The normalized spacial score (nSPS) is 29.2. The van der Waals surface area contributed by atoms with E-state index in [0.29, 0.717) is 55.8 Å². The molecule has 6 N–H and O–H groups in total. The number of rotatable bonds is 10. The second-order valence-electron chi connectivity index (χ2n) is 10.7. The lowest BCUT2D eigenvalue weighted by molar-refractivity contribution is -0.158. The summed E-state index contributed by atoms with van der Waals surface area (Å²) in [5.41, 5.74) is 19.0. The van der Waals surface area contributed by atoms with Gasteiger partial charge in [-0.2, -0.15) is 35.3 Å². The lowest BCUT2D eigenvalue weighted by Gasteiger charge is -2.46. The number of hydrogen-bond donors (Lipinski definition) is 3. The van der Waals surface area contributed by atoms with Crippen molar-refractivity contribution in [1.82, 2.24) is 0 Å². The van der Waals surface area contributed by atoms with E-state index >= 15 is 0 Å². The standard InChI is InChI=1S/C29H33N3O6S3Si/c1-5-17-6-8-18(9-7-17)19-16-20-23-22-21(19)28(31,11-14-40-3)25(34)37-42(23,36-24(33)27(20,30)10-13-39-2)38-26(35)29(22,32)12-15-41-4/h1,6-9,16H,10-15,30-32H2,2-4H3. The van der Waals surface area contributed by atoms with Crippen molar-refractivity contribution in [2.45, 2.75) is 35.9 Å². The number of thioether (sulfide) groups is 3. The van der Waals surface area contributed by atoms with Crippen molar-refractivity contribution in [3.05, 3.63) is 52.6 Å². The molecule has 4 bridgehead atoms. The summed E-state index contributed by atoms with van der Waals surface area (Å²) in [6.45, 7) is 0. The van der Waals surface area contributed by atoms with Crippen LogP contribution in [0.4, 0.5) is 0 Å². The lowest BCUT2D eigenvalue weighted by atomic mass is 9.71. The zero-order valence-corrected chi connectivity index (χ0v) is 27.1. The van der Waals surface area contributed by atoms with Gasteiger partial charge in [-0.1, -0.05) is 18.1 Å². The number of benzene rings is 2. The van der Waals surface area contributed by atoms with Crippen LogP contribution in [0.15, 0.2) is 30.3 Å². The SMILES string of the molecule is C#Cc1ccc(-c2cc3c4c5c2C(N)(CCSC)C(=O)O[Si]4(OC(=O)C3(N)CCSC)OC(=O)C5(N)CCSC)cc1. The van der Waals surface area contributed by atoms with Crippen molar-refractivity contribution in [3.63, 3.8) is 0 Å². The van der Waals surface area contributed by atoms with Gasteiger partial charge in [-0.15, -0.1) is 6.42 Å². The van der Waals surface area contributed by atoms with Gasteiger partial charge in [0.2, 0.25) is 0 Å². The maximum Gasteiger partial charge on any atom is 0.743 e. The summed E-state index contributed by atoms with van der Waals surface area (Å²) < 4.78 is 17.9. The molecule has 13 heteroatoms. The largest absolute Gasteiger partial charge is 0.743 e. The van der Waals surface area contributed by atoms with Gasteiger partial charge in [0.25, 0.3) is 0 Å². The van der Waals surface area contributed by atoms with E-state index in [2.05, 4.69) is 5.92 Å². The van der Waals surface area contributed by atoms with Crippen LogP contribution in [0.5, 0.6) is 0 Å². The lowest BCUT2D eigenvalue weighted by Crippen LogP contribution is -2.75. The van der Waals surface area contributed by atoms with Crippen molar-refractivity contribution in [1.29, 1.82) is 0 Å². The average molecular weight is 644 g/mol. The summed E-state index contributed by atoms with van der Waals surface area (Å²) in [7, 11) is -4.53. The third-order valence-corrected chi connectivity index (χ3v) is 12.6. The zero-order valence-electron chi connectivity index (χ0n) is 23.6. The molecule has 0 amide bonds. The number of terminal acetylenes is 1. The van der Waals surface area contributed by atoms with Gasteiger partial charge in [-0.25, -0.2) is 0 Å². The Hall–Kier alpha value is -2.44.